The summed E-state index contributed by atoms with van der Waals surface area (Å²) in [7, 11) is 0. The van der Waals surface area contributed by atoms with Crippen LogP contribution in [0.3, 0.4) is 0 Å². The fourth-order valence-corrected chi connectivity index (χ4v) is 3.37. The molecule has 0 saturated carbocycles. The minimum atomic E-state index is -0.0955. The SMILES string of the molecule is Cc1ccc(NC(=O)CSc2nnc(NCC(C)C)s2)cc1Cl. The largest absolute Gasteiger partial charge is 0.360 e. The van der Waals surface area contributed by atoms with Gasteiger partial charge >= 0.3 is 0 Å². The summed E-state index contributed by atoms with van der Waals surface area (Å²) in [5.41, 5.74) is 1.68. The number of aromatic nitrogens is 2. The minimum Gasteiger partial charge on any atom is -0.360 e. The molecule has 1 aromatic heterocycles. The first kappa shape index (κ1) is 18.0. The van der Waals surface area contributed by atoms with Crippen LogP contribution in [0, 0.1) is 12.8 Å². The van der Waals surface area contributed by atoms with Crippen LogP contribution < -0.4 is 10.6 Å². The molecule has 1 amide bonds. The Labute approximate surface area is 149 Å². The van der Waals surface area contributed by atoms with Crippen molar-refractivity contribution in [1.29, 1.82) is 0 Å². The lowest BCUT2D eigenvalue weighted by Crippen LogP contribution is -2.13. The molecule has 0 fully saturated rings. The van der Waals surface area contributed by atoms with Crippen molar-refractivity contribution in [2.45, 2.75) is 25.1 Å². The second-order valence-electron chi connectivity index (χ2n) is 5.45. The predicted octanol–water partition coefficient (Wildman–Crippen LogP) is 4.30. The van der Waals surface area contributed by atoms with E-state index in [4.69, 9.17) is 11.6 Å². The van der Waals surface area contributed by atoms with Crippen LogP contribution in [0.15, 0.2) is 22.5 Å². The Bertz CT molecular complexity index is 675. The van der Waals surface area contributed by atoms with Crippen molar-refractivity contribution in [1.82, 2.24) is 10.2 Å². The number of carbonyl (C=O) groups is 1. The highest BCUT2D eigenvalue weighted by Crippen LogP contribution is 2.26. The van der Waals surface area contributed by atoms with Crippen LogP contribution in [0.1, 0.15) is 19.4 Å². The minimum absolute atomic E-state index is 0.0955. The second-order valence-corrected chi connectivity index (χ2v) is 8.06. The first-order chi connectivity index (χ1) is 10.9. The van der Waals surface area contributed by atoms with Gasteiger partial charge in [-0.15, -0.1) is 10.2 Å². The number of anilines is 2. The van der Waals surface area contributed by atoms with Crippen LogP contribution in [-0.2, 0) is 4.79 Å². The molecule has 23 heavy (non-hydrogen) atoms. The van der Waals surface area contributed by atoms with E-state index in [1.54, 1.807) is 6.07 Å². The average Bonchev–Trinajstić information content (AvgIpc) is 2.95. The zero-order chi connectivity index (χ0) is 16.8. The first-order valence-electron chi connectivity index (χ1n) is 7.20. The number of thioether (sulfide) groups is 1. The molecule has 0 aliphatic carbocycles. The van der Waals surface area contributed by atoms with E-state index in [1.165, 1.54) is 23.1 Å². The second kappa shape index (κ2) is 8.52. The molecule has 0 aliphatic rings. The monoisotopic (exact) mass is 370 g/mol. The van der Waals surface area contributed by atoms with Crippen molar-refractivity contribution in [3.05, 3.63) is 28.8 Å². The molecular formula is C15H19ClN4OS2. The van der Waals surface area contributed by atoms with Gasteiger partial charge in [-0.05, 0) is 30.5 Å². The van der Waals surface area contributed by atoms with Crippen molar-refractivity contribution in [3.63, 3.8) is 0 Å². The van der Waals surface area contributed by atoms with Gasteiger partial charge in [-0.3, -0.25) is 4.79 Å². The highest BCUT2D eigenvalue weighted by atomic mass is 35.5. The van der Waals surface area contributed by atoms with Crippen molar-refractivity contribution < 1.29 is 4.79 Å². The van der Waals surface area contributed by atoms with Crippen LogP contribution in [0.4, 0.5) is 10.8 Å². The van der Waals surface area contributed by atoms with Gasteiger partial charge in [0.25, 0.3) is 0 Å². The Morgan fingerprint density at radius 1 is 1.39 bits per heavy atom. The van der Waals surface area contributed by atoms with Crippen LogP contribution >= 0.6 is 34.7 Å². The lowest BCUT2D eigenvalue weighted by atomic mass is 10.2. The molecule has 1 aromatic carbocycles. The first-order valence-corrected chi connectivity index (χ1v) is 9.38. The van der Waals surface area contributed by atoms with Gasteiger partial charge in [-0.2, -0.15) is 0 Å². The molecule has 124 valence electrons. The summed E-state index contributed by atoms with van der Waals surface area (Å²) in [6, 6.07) is 5.46. The Kier molecular flexibility index (Phi) is 6.68. The smallest absolute Gasteiger partial charge is 0.234 e. The lowest BCUT2D eigenvalue weighted by molar-refractivity contribution is -0.113. The summed E-state index contributed by atoms with van der Waals surface area (Å²) in [5, 5.41) is 15.6. The molecule has 0 bridgehead atoms. The Morgan fingerprint density at radius 3 is 2.87 bits per heavy atom. The number of nitrogens with zero attached hydrogens (tertiary/aromatic N) is 2. The summed E-state index contributed by atoms with van der Waals surface area (Å²) in [6.07, 6.45) is 0. The molecule has 0 spiro atoms. The van der Waals surface area contributed by atoms with Gasteiger partial charge < -0.3 is 10.6 Å². The highest BCUT2D eigenvalue weighted by Gasteiger charge is 2.09. The maximum atomic E-state index is 12.0. The third kappa shape index (κ3) is 6.01. The number of hydrogen-bond acceptors (Lipinski definition) is 6. The maximum Gasteiger partial charge on any atom is 0.234 e. The topological polar surface area (TPSA) is 66.9 Å². The summed E-state index contributed by atoms with van der Waals surface area (Å²) in [4.78, 5) is 12.0. The third-order valence-corrected chi connectivity index (χ3v) is 5.27. The number of nitrogens with one attached hydrogen (secondary N) is 2. The average molecular weight is 371 g/mol. The lowest BCUT2D eigenvalue weighted by Gasteiger charge is -2.06. The Hall–Kier alpha value is -1.31. The number of amides is 1. The zero-order valence-corrected chi connectivity index (χ0v) is 15.6. The number of benzene rings is 1. The van der Waals surface area contributed by atoms with E-state index in [0.717, 1.165) is 21.6 Å². The molecule has 8 heteroatoms. The van der Waals surface area contributed by atoms with Gasteiger partial charge in [0.05, 0.1) is 5.75 Å². The summed E-state index contributed by atoms with van der Waals surface area (Å²) in [6.45, 7) is 7.04. The fraction of sp³-hybridized carbons (Fsp3) is 0.400. The van der Waals surface area contributed by atoms with Crippen LogP contribution in [0.25, 0.3) is 0 Å². The van der Waals surface area contributed by atoms with Gasteiger partial charge in [-0.1, -0.05) is 54.6 Å². The molecule has 0 saturated heterocycles. The van der Waals surface area contributed by atoms with Crippen molar-refractivity contribution in [2.75, 3.05) is 22.9 Å². The van der Waals surface area contributed by atoms with E-state index in [2.05, 4.69) is 34.7 Å². The van der Waals surface area contributed by atoms with Gasteiger partial charge in [0, 0.05) is 17.3 Å². The predicted molar refractivity (Wildman–Crippen MR) is 98.8 cm³/mol. The molecule has 2 rings (SSSR count). The number of aryl methyl sites for hydroxylation is 1. The molecule has 2 aromatic rings. The van der Waals surface area contributed by atoms with E-state index < -0.39 is 0 Å². The highest BCUT2D eigenvalue weighted by molar-refractivity contribution is 8.01. The molecule has 2 N–H and O–H groups in total. The number of hydrogen-bond donors (Lipinski definition) is 2. The van der Waals surface area contributed by atoms with E-state index in [0.29, 0.717) is 16.6 Å². The normalized spacial score (nSPS) is 10.8. The van der Waals surface area contributed by atoms with Gasteiger partial charge in [0.15, 0.2) is 4.34 Å². The molecule has 0 radical (unpaired) electrons. The maximum absolute atomic E-state index is 12.0. The van der Waals surface area contributed by atoms with Crippen molar-refractivity contribution in [2.24, 2.45) is 5.92 Å². The van der Waals surface area contributed by atoms with E-state index in [-0.39, 0.29) is 11.7 Å². The van der Waals surface area contributed by atoms with Gasteiger partial charge in [-0.25, -0.2) is 0 Å². The molecule has 0 atom stereocenters. The van der Waals surface area contributed by atoms with Gasteiger partial charge in [0.2, 0.25) is 11.0 Å². The molecule has 0 unspecified atom stereocenters. The molecule has 0 aliphatic heterocycles. The van der Waals surface area contributed by atoms with Gasteiger partial charge in [0.1, 0.15) is 0 Å². The van der Waals surface area contributed by atoms with Crippen LogP contribution in [-0.4, -0.2) is 28.4 Å². The van der Waals surface area contributed by atoms with E-state index >= 15 is 0 Å². The number of halogens is 1. The summed E-state index contributed by atoms with van der Waals surface area (Å²) in [5.74, 6) is 0.730. The standard InChI is InChI=1S/C15H19ClN4OS2/c1-9(2)7-17-14-19-20-15(23-14)22-8-13(21)18-11-5-4-10(3)12(16)6-11/h4-6,9H,7-8H2,1-3H3,(H,17,19)(H,18,21). The van der Waals surface area contributed by atoms with Crippen LogP contribution in [0.5, 0.6) is 0 Å². The van der Waals surface area contributed by atoms with Crippen molar-refractivity contribution in [3.8, 4) is 0 Å². The van der Waals surface area contributed by atoms with E-state index in [1.807, 2.05) is 19.1 Å². The summed E-state index contributed by atoms with van der Waals surface area (Å²) >= 11 is 8.87. The quantitative estimate of drug-likeness (QED) is 0.711. The molecular weight excluding hydrogens is 352 g/mol. The van der Waals surface area contributed by atoms with Crippen molar-refractivity contribution >= 4 is 51.4 Å². The molecule has 5 nitrogen and oxygen atoms in total. The van der Waals surface area contributed by atoms with E-state index in [9.17, 15) is 4.79 Å². The fourth-order valence-electron chi connectivity index (χ4n) is 1.63. The Balaban J connectivity index is 1.81. The van der Waals surface area contributed by atoms with Crippen LogP contribution in [0.2, 0.25) is 5.02 Å². The third-order valence-electron chi connectivity index (χ3n) is 2.85. The zero-order valence-electron chi connectivity index (χ0n) is 13.2. The Morgan fingerprint density at radius 2 is 2.17 bits per heavy atom. The summed E-state index contributed by atoms with van der Waals surface area (Å²) < 4.78 is 0.772. The number of rotatable bonds is 7. The number of carbonyl (C=O) groups excluding carboxylic acids is 1. The molecule has 1 heterocycles.